The van der Waals surface area contributed by atoms with Gasteiger partial charge in [-0.15, -0.1) is 0 Å². The summed E-state index contributed by atoms with van der Waals surface area (Å²) in [4.78, 5) is 27.1. The van der Waals surface area contributed by atoms with Crippen LogP contribution in [0, 0.1) is 0 Å². The largest absolute Gasteiger partial charge is 0.493 e. The SMILES string of the molecule is CCOC(=O)c1nn(-c2ccccc2)cc1OCC(=O)N1CCc2cc(OC)c(OC)cc2C1. The van der Waals surface area contributed by atoms with Crippen molar-refractivity contribution in [1.29, 1.82) is 0 Å². The monoisotopic (exact) mass is 465 g/mol. The maximum Gasteiger partial charge on any atom is 0.362 e. The molecular formula is C25H27N3O6. The zero-order valence-electron chi connectivity index (χ0n) is 19.4. The molecule has 1 aliphatic rings. The number of amides is 1. The zero-order valence-corrected chi connectivity index (χ0v) is 19.4. The molecule has 3 aromatic rings. The Hall–Kier alpha value is -4.01. The first-order chi connectivity index (χ1) is 16.5. The highest BCUT2D eigenvalue weighted by atomic mass is 16.5. The van der Waals surface area contributed by atoms with Gasteiger partial charge >= 0.3 is 5.97 Å². The molecule has 34 heavy (non-hydrogen) atoms. The number of ether oxygens (including phenoxy) is 4. The highest BCUT2D eigenvalue weighted by Gasteiger charge is 2.25. The van der Waals surface area contributed by atoms with Gasteiger partial charge in [-0.3, -0.25) is 4.79 Å². The summed E-state index contributed by atoms with van der Waals surface area (Å²) < 4.78 is 23.2. The summed E-state index contributed by atoms with van der Waals surface area (Å²) in [5.74, 6) is 0.695. The van der Waals surface area contributed by atoms with E-state index >= 15 is 0 Å². The van der Waals surface area contributed by atoms with Crippen molar-refractivity contribution in [3.05, 3.63) is 65.5 Å². The third-order valence-electron chi connectivity index (χ3n) is 5.59. The second kappa shape index (κ2) is 10.3. The molecule has 0 atom stereocenters. The van der Waals surface area contributed by atoms with Crippen molar-refractivity contribution in [1.82, 2.24) is 14.7 Å². The minimum Gasteiger partial charge on any atom is -0.493 e. The molecule has 0 spiro atoms. The Balaban J connectivity index is 1.48. The molecule has 1 amide bonds. The molecular weight excluding hydrogens is 438 g/mol. The maximum absolute atomic E-state index is 12.9. The van der Waals surface area contributed by atoms with Crippen molar-refractivity contribution >= 4 is 11.9 Å². The van der Waals surface area contributed by atoms with Crippen LogP contribution >= 0.6 is 0 Å². The molecule has 0 fully saturated rings. The molecule has 1 aliphatic heterocycles. The zero-order chi connectivity index (χ0) is 24.1. The quantitative estimate of drug-likeness (QED) is 0.472. The lowest BCUT2D eigenvalue weighted by Crippen LogP contribution is -2.38. The third-order valence-corrected chi connectivity index (χ3v) is 5.59. The summed E-state index contributed by atoms with van der Waals surface area (Å²) in [5, 5.41) is 4.32. The van der Waals surface area contributed by atoms with E-state index in [1.807, 2.05) is 42.5 Å². The van der Waals surface area contributed by atoms with Gasteiger partial charge in [0.2, 0.25) is 5.69 Å². The lowest BCUT2D eigenvalue weighted by atomic mass is 9.99. The molecule has 1 aromatic heterocycles. The van der Waals surface area contributed by atoms with Gasteiger partial charge in [-0.2, -0.15) is 5.10 Å². The molecule has 9 heteroatoms. The van der Waals surface area contributed by atoms with Gasteiger partial charge in [0, 0.05) is 13.1 Å². The molecule has 0 saturated heterocycles. The lowest BCUT2D eigenvalue weighted by molar-refractivity contribution is -0.134. The van der Waals surface area contributed by atoms with E-state index < -0.39 is 5.97 Å². The number of para-hydroxylation sites is 1. The highest BCUT2D eigenvalue weighted by molar-refractivity contribution is 5.90. The minimum atomic E-state index is -0.604. The van der Waals surface area contributed by atoms with Crippen molar-refractivity contribution in [2.75, 3.05) is 34.0 Å². The highest BCUT2D eigenvalue weighted by Crippen LogP contribution is 2.33. The fourth-order valence-corrected chi connectivity index (χ4v) is 3.84. The molecule has 2 aromatic carbocycles. The van der Waals surface area contributed by atoms with Crippen LogP contribution in [-0.2, 0) is 22.5 Å². The van der Waals surface area contributed by atoms with Gasteiger partial charge < -0.3 is 23.8 Å². The van der Waals surface area contributed by atoms with Gasteiger partial charge in [-0.25, -0.2) is 9.48 Å². The van der Waals surface area contributed by atoms with Crippen molar-refractivity contribution < 1.29 is 28.5 Å². The molecule has 0 aliphatic carbocycles. The van der Waals surface area contributed by atoms with Crippen LogP contribution in [0.25, 0.3) is 5.69 Å². The van der Waals surface area contributed by atoms with Crippen LogP contribution in [0.5, 0.6) is 17.2 Å². The Morgan fingerprint density at radius 3 is 2.38 bits per heavy atom. The Kier molecular flexibility index (Phi) is 7.01. The van der Waals surface area contributed by atoms with Crippen molar-refractivity contribution in [3.8, 4) is 22.9 Å². The van der Waals surface area contributed by atoms with Gasteiger partial charge in [0.25, 0.3) is 5.91 Å². The van der Waals surface area contributed by atoms with Crippen LogP contribution in [0.3, 0.4) is 0 Å². The summed E-state index contributed by atoms with van der Waals surface area (Å²) in [7, 11) is 3.19. The summed E-state index contributed by atoms with van der Waals surface area (Å²) in [6.07, 6.45) is 2.28. The molecule has 0 N–H and O–H groups in total. The first-order valence-electron chi connectivity index (χ1n) is 11.0. The van der Waals surface area contributed by atoms with Gasteiger partial charge in [0.15, 0.2) is 23.9 Å². The number of hydrogen-bond donors (Lipinski definition) is 0. The van der Waals surface area contributed by atoms with Crippen LogP contribution in [0.1, 0.15) is 28.5 Å². The normalized spacial score (nSPS) is 12.6. The number of nitrogens with zero attached hydrogens (tertiary/aromatic N) is 3. The Labute approximate surface area is 197 Å². The standard InChI is InChI=1S/C25H27N3O6/c1-4-33-25(30)24-22(15-28(26-24)19-8-6-5-7-9-19)34-16-23(29)27-11-10-17-12-20(31-2)21(32-3)13-18(17)14-27/h5-9,12-13,15H,4,10-11,14,16H2,1-3H3. The molecule has 0 saturated carbocycles. The van der Waals surface area contributed by atoms with Gasteiger partial charge in [0.05, 0.1) is 32.7 Å². The summed E-state index contributed by atoms with van der Waals surface area (Å²) >= 11 is 0. The number of benzene rings is 2. The first kappa shape index (κ1) is 23.2. The third kappa shape index (κ3) is 4.83. The number of aromatic nitrogens is 2. The molecule has 0 bridgehead atoms. The van der Waals surface area contributed by atoms with E-state index in [2.05, 4.69) is 5.10 Å². The average molecular weight is 466 g/mol. The minimum absolute atomic E-state index is 0.0272. The van der Waals surface area contributed by atoms with Crippen LogP contribution in [-0.4, -0.2) is 60.5 Å². The number of hydrogen-bond acceptors (Lipinski definition) is 7. The summed E-state index contributed by atoms with van der Waals surface area (Å²) in [5.41, 5.74) is 2.91. The number of carbonyl (C=O) groups excluding carboxylic acids is 2. The van der Waals surface area contributed by atoms with E-state index in [4.69, 9.17) is 18.9 Å². The van der Waals surface area contributed by atoms with E-state index in [-0.39, 0.29) is 30.6 Å². The predicted octanol–water partition coefficient (Wildman–Crippen LogP) is 3.03. The van der Waals surface area contributed by atoms with Gasteiger partial charge in [-0.1, -0.05) is 18.2 Å². The van der Waals surface area contributed by atoms with E-state index in [0.717, 1.165) is 16.8 Å². The lowest BCUT2D eigenvalue weighted by Gasteiger charge is -2.29. The number of fused-ring (bicyclic) bond motifs is 1. The summed E-state index contributed by atoms with van der Waals surface area (Å²) in [6.45, 7) is 2.69. The average Bonchev–Trinajstić information content (AvgIpc) is 3.31. The summed E-state index contributed by atoms with van der Waals surface area (Å²) in [6, 6.07) is 13.2. The first-order valence-corrected chi connectivity index (χ1v) is 11.0. The van der Waals surface area contributed by atoms with Gasteiger partial charge in [0.1, 0.15) is 0 Å². The van der Waals surface area contributed by atoms with Crippen LogP contribution < -0.4 is 14.2 Å². The van der Waals surface area contributed by atoms with Gasteiger partial charge in [-0.05, 0) is 48.7 Å². The topological polar surface area (TPSA) is 92.1 Å². The van der Waals surface area contributed by atoms with Crippen LogP contribution in [0.2, 0.25) is 0 Å². The molecule has 4 rings (SSSR count). The molecule has 2 heterocycles. The molecule has 9 nitrogen and oxygen atoms in total. The van der Waals surface area contributed by atoms with E-state index in [1.165, 1.54) is 4.68 Å². The maximum atomic E-state index is 12.9. The van der Waals surface area contributed by atoms with E-state index in [0.29, 0.717) is 31.0 Å². The smallest absolute Gasteiger partial charge is 0.362 e. The molecule has 0 unspecified atom stereocenters. The van der Waals surface area contributed by atoms with Crippen molar-refractivity contribution in [2.45, 2.75) is 19.9 Å². The fourth-order valence-electron chi connectivity index (χ4n) is 3.84. The Bertz CT molecular complexity index is 1170. The molecule has 178 valence electrons. The number of methoxy groups -OCH3 is 2. The van der Waals surface area contributed by atoms with Crippen LogP contribution in [0.15, 0.2) is 48.7 Å². The fraction of sp³-hybridized carbons (Fsp3) is 0.320. The second-order valence-electron chi connectivity index (χ2n) is 7.67. The van der Waals surface area contributed by atoms with Crippen LogP contribution in [0.4, 0.5) is 0 Å². The van der Waals surface area contributed by atoms with Crippen molar-refractivity contribution in [2.24, 2.45) is 0 Å². The second-order valence-corrected chi connectivity index (χ2v) is 7.67. The number of carbonyl (C=O) groups is 2. The number of esters is 1. The Morgan fingerprint density at radius 2 is 1.71 bits per heavy atom. The predicted molar refractivity (Wildman–Crippen MR) is 124 cm³/mol. The number of rotatable bonds is 8. The van der Waals surface area contributed by atoms with E-state index in [9.17, 15) is 9.59 Å². The van der Waals surface area contributed by atoms with E-state index in [1.54, 1.807) is 32.2 Å². The van der Waals surface area contributed by atoms with Crippen molar-refractivity contribution in [3.63, 3.8) is 0 Å². The Morgan fingerprint density at radius 1 is 1.00 bits per heavy atom. The molecule has 0 radical (unpaired) electrons.